The maximum absolute atomic E-state index is 2.90. The molecule has 0 N–H and O–H groups in total. The lowest BCUT2D eigenvalue weighted by Gasteiger charge is -2.30. The molecular formula is C23H37P. The first-order valence-electron chi connectivity index (χ1n) is 10.5. The Bertz CT molecular complexity index is 513. The first kappa shape index (κ1) is 18.4. The van der Waals surface area contributed by atoms with E-state index in [4.69, 9.17) is 0 Å². The van der Waals surface area contributed by atoms with Gasteiger partial charge in [0.25, 0.3) is 0 Å². The van der Waals surface area contributed by atoms with Crippen LogP contribution in [-0.2, 0) is 0 Å². The summed E-state index contributed by atoms with van der Waals surface area (Å²) in [5.41, 5.74) is 2.98. The van der Waals surface area contributed by atoms with Crippen LogP contribution < -0.4 is 5.30 Å². The van der Waals surface area contributed by atoms with Crippen LogP contribution in [0.1, 0.15) is 94.6 Å². The molecule has 134 valence electrons. The second-order valence-electron chi connectivity index (χ2n) is 8.89. The molecule has 0 amide bonds. The van der Waals surface area contributed by atoms with Gasteiger partial charge in [0.1, 0.15) is 0 Å². The highest BCUT2D eigenvalue weighted by atomic mass is 31.0. The average molecular weight is 345 g/mol. The van der Waals surface area contributed by atoms with E-state index in [9.17, 15) is 0 Å². The van der Waals surface area contributed by atoms with Crippen LogP contribution in [-0.4, -0.2) is 0 Å². The average Bonchev–Trinajstić information content (AvgIpc) is 2.80. The molecule has 0 saturated heterocycles. The number of aryl methyl sites for hydroxylation is 1. The molecule has 1 heteroatoms. The third-order valence-electron chi connectivity index (χ3n) is 6.98. The van der Waals surface area contributed by atoms with Gasteiger partial charge in [-0.1, -0.05) is 70.1 Å². The topological polar surface area (TPSA) is 0 Å². The highest BCUT2D eigenvalue weighted by Gasteiger charge is 2.24. The van der Waals surface area contributed by atoms with Crippen LogP contribution in [0.3, 0.4) is 0 Å². The van der Waals surface area contributed by atoms with E-state index in [1.807, 2.05) is 0 Å². The Morgan fingerprint density at radius 1 is 0.875 bits per heavy atom. The van der Waals surface area contributed by atoms with Crippen LogP contribution in [0, 0.1) is 24.7 Å². The Balaban J connectivity index is 1.42. The molecule has 0 aromatic heterocycles. The summed E-state index contributed by atoms with van der Waals surface area (Å²) >= 11 is 0. The quantitative estimate of drug-likeness (QED) is 0.418. The van der Waals surface area contributed by atoms with Gasteiger partial charge in [-0.05, 0) is 72.7 Å². The predicted molar refractivity (Wildman–Crippen MR) is 110 cm³/mol. The van der Waals surface area contributed by atoms with Crippen LogP contribution in [0.4, 0.5) is 0 Å². The van der Waals surface area contributed by atoms with Gasteiger partial charge >= 0.3 is 0 Å². The van der Waals surface area contributed by atoms with E-state index in [1.54, 1.807) is 5.56 Å². The number of rotatable bonds is 4. The van der Waals surface area contributed by atoms with Crippen molar-refractivity contribution in [2.75, 3.05) is 0 Å². The highest BCUT2D eigenvalue weighted by molar-refractivity contribution is 7.27. The zero-order valence-corrected chi connectivity index (χ0v) is 17.1. The Kier molecular flexibility index (Phi) is 6.79. The van der Waals surface area contributed by atoms with E-state index in [2.05, 4.69) is 41.3 Å². The zero-order chi connectivity index (χ0) is 16.9. The van der Waals surface area contributed by atoms with Gasteiger partial charge in [0.15, 0.2) is 0 Å². The van der Waals surface area contributed by atoms with Gasteiger partial charge < -0.3 is 0 Å². The minimum atomic E-state index is 0.819. The predicted octanol–water partition coefficient (Wildman–Crippen LogP) is 6.77. The van der Waals surface area contributed by atoms with E-state index < -0.39 is 0 Å². The Morgan fingerprint density at radius 3 is 2.25 bits per heavy atom. The van der Waals surface area contributed by atoms with Crippen molar-refractivity contribution in [3.8, 4) is 0 Å². The standard InChI is InChI=1S/C23H37P/c1-17-4-3-5-19(8-6-17)9-10-20-11-14-21(15-12-20)22-13-7-18(2)23(24)16-22/h7,13,16-17,19-21H,3-6,8-12,14-15,24H2,1-2H3. The highest BCUT2D eigenvalue weighted by Crippen LogP contribution is 2.39. The lowest BCUT2D eigenvalue weighted by Crippen LogP contribution is -2.15. The van der Waals surface area contributed by atoms with E-state index in [-0.39, 0.29) is 0 Å². The monoisotopic (exact) mass is 344 g/mol. The Labute approximate surface area is 152 Å². The van der Waals surface area contributed by atoms with Crippen molar-refractivity contribution in [3.63, 3.8) is 0 Å². The van der Waals surface area contributed by atoms with Crippen LogP contribution in [0.5, 0.6) is 0 Å². The largest absolute Gasteiger partial charge is 0.105 e. The van der Waals surface area contributed by atoms with Gasteiger partial charge in [-0.2, -0.15) is 0 Å². The molecule has 3 atom stereocenters. The van der Waals surface area contributed by atoms with Crippen molar-refractivity contribution < 1.29 is 0 Å². The third kappa shape index (κ3) is 5.08. The first-order chi connectivity index (χ1) is 11.6. The minimum absolute atomic E-state index is 0.819. The smallest absolute Gasteiger partial charge is 0.0162 e. The van der Waals surface area contributed by atoms with Gasteiger partial charge in [0.2, 0.25) is 0 Å². The van der Waals surface area contributed by atoms with E-state index >= 15 is 0 Å². The van der Waals surface area contributed by atoms with Gasteiger partial charge in [-0.3, -0.25) is 0 Å². The van der Waals surface area contributed by atoms with Gasteiger partial charge in [-0.25, -0.2) is 0 Å². The number of hydrogen-bond donors (Lipinski definition) is 0. The molecule has 3 unspecified atom stereocenters. The lowest BCUT2D eigenvalue weighted by atomic mass is 9.76. The summed E-state index contributed by atoms with van der Waals surface area (Å²) in [6.45, 7) is 4.66. The molecule has 0 aliphatic heterocycles. The molecule has 0 bridgehead atoms. The molecule has 3 rings (SSSR count). The fourth-order valence-electron chi connectivity index (χ4n) is 5.02. The van der Waals surface area contributed by atoms with E-state index in [1.165, 1.54) is 81.5 Å². The lowest BCUT2D eigenvalue weighted by molar-refractivity contribution is 0.278. The fraction of sp³-hybridized carbons (Fsp3) is 0.739. The molecule has 2 saturated carbocycles. The van der Waals surface area contributed by atoms with E-state index in [0.717, 1.165) is 23.7 Å². The maximum atomic E-state index is 2.90. The first-order valence-corrected chi connectivity index (χ1v) is 11.1. The van der Waals surface area contributed by atoms with Crippen molar-refractivity contribution in [1.29, 1.82) is 0 Å². The van der Waals surface area contributed by atoms with Crippen molar-refractivity contribution >= 4 is 14.5 Å². The Hall–Kier alpha value is -0.350. The summed E-state index contributed by atoms with van der Waals surface area (Å²) in [7, 11) is 2.90. The molecule has 0 spiro atoms. The van der Waals surface area contributed by atoms with Gasteiger partial charge in [0, 0.05) is 0 Å². The maximum Gasteiger partial charge on any atom is -0.0162 e. The molecule has 2 aliphatic rings. The number of benzene rings is 1. The summed E-state index contributed by atoms with van der Waals surface area (Å²) in [5.74, 6) is 3.87. The summed E-state index contributed by atoms with van der Waals surface area (Å²) < 4.78 is 0. The number of hydrogen-bond acceptors (Lipinski definition) is 0. The molecule has 1 aromatic rings. The van der Waals surface area contributed by atoms with Crippen LogP contribution >= 0.6 is 9.24 Å². The summed E-state index contributed by atoms with van der Waals surface area (Å²) in [6, 6.07) is 7.09. The molecule has 1 aromatic carbocycles. The van der Waals surface area contributed by atoms with E-state index in [0.29, 0.717) is 0 Å². The molecule has 2 aliphatic carbocycles. The molecule has 2 fully saturated rings. The second kappa shape index (κ2) is 8.84. The normalized spacial score (nSPS) is 31.6. The van der Waals surface area contributed by atoms with Crippen molar-refractivity contribution in [2.24, 2.45) is 17.8 Å². The zero-order valence-electron chi connectivity index (χ0n) is 15.9. The van der Waals surface area contributed by atoms with Crippen molar-refractivity contribution in [3.05, 3.63) is 29.3 Å². The van der Waals surface area contributed by atoms with Crippen molar-refractivity contribution in [2.45, 2.75) is 90.4 Å². The fourth-order valence-corrected chi connectivity index (χ4v) is 5.31. The van der Waals surface area contributed by atoms with Gasteiger partial charge in [0.05, 0.1) is 0 Å². The van der Waals surface area contributed by atoms with Crippen LogP contribution in [0.2, 0.25) is 0 Å². The Morgan fingerprint density at radius 2 is 1.54 bits per heavy atom. The summed E-state index contributed by atoms with van der Waals surface area (Å²) in [5, 5.41) is 1.39. The minimum Gasteiger partial charge on any atom is -0.105 e. The van der Waals surface area contributed by atoms with Gasteiger partial charge in [-0.15, -0.1) is 9.24 Å². The summed E-state index contributed by atoms with van der Waals surface area (Å²) in [6.07, 6.45) is 16.3. The third-order valence-corrected chi connectivity index (χ3v) is 7.60. The van der Waals surface area contributed by atoms with Crippen LogP contribution in [0.25, 0.3) is 0 Å². The molecule has 0 nitrogen and oxygen atoms in total. The van der Waals surface area contributed by atoms with Crippen molar-refractivity contribution in [1.82, 2.24) is 0 Å². The summed E-state index contributed by atoms with van der Waals surface area (Å²) in [4.78, 5) is 0. The SMILES string of the molecule is Cc1ccc(C2CCC(CCC3CCCC(C)CC3)CC2)cc1P. The molecular weight excluding hydrogens is 307 g/mol. The van der Waals surface area contributed by atoms with Crippen LogP contribution in [0.15, 0.2) is 18.2 Å². The second-order valence-corrected chi connectivity index (χ2v) is 9.51. The molecule has 24 heavy (non-hydrogen) atoms. The molecule has 0 heterocycles. The molecule has 0 radical (unpaired) electrons.